The maximum atomic E-state index is 12.2. The highest BCUT2D eigenvalue weighted by molar-refractivity contribution is 5.93. The van der Waals surface area contributed by atoms with Crippen LogP contribution in [-0.2, 0) is 4.74 Å². The fourth-order valence-electron chi connectivity index (χ4n) is 2.95. The van der Waals surface area contributed by atoms with Gasteiger partial charge < -0.3 is 9.47 Å². The van der Waals surface area contributed by atoms with Crippen molar-refractivity contribution in [2.24, 2.45) is 0 Å². The molecule has 1 unspecified atom stereocenters. The van der Waals surface area contributed by atoms with Crippen LogP contribution in [-0.4, -0.2) is 35.8 Å². The van der Waals surface area contributed by atoms with Gasteiger partial charge in [-0.3, -0.25) is 4.90 Å². The molecule has 3 rings (SSSR count). The number of fused-ring (bicyclic) bond motifs is 1. The molecule has 0 spiro atoms. The second-order valence-corrected chi connectivity index (χ2v) is 6.07. The lowest BCUT2D eigenvalue weighted by Gasteiger charge is -2.13. The van der Waals surface area contributed by atoms with Crippen LogP contribution in [0.25, 0.3) is 10.9 Å². The highest BCUT2D eigenvalue weighted by Crippen LogP contribution is 2.27. The fraction of sp³-hybridized carbons (Fsp3) is 0.500. The summed E-state index contributed by atoms with van der Waals surface area (Å²) in [6, 6.07) is 6.00. The van der Waals surface area contributed by atoms with Gasteiger partial charge in [-0.2, -0.15) is 4.98 Å². The number of ether oxygens (including phenoxy) is 2. The molecule has 0 radical (unpaired) electrons. The summed E-state index contributed by atoms with van der Waals surface area (Å²) in [5.74, 6) is 0. The van der Waals surface area contributed by atoms with Crippen molar-refractivity contribution in [3.8, 4) is 6.01 Å². The summed E-state index contributed by atoms with van der Waals surface area (Å²) < 4.78 is 10.5. The molecule has 1 aromatic heterocycles. The summed E-state index contributed by atoms with van der Waals surface area (Å²) in [5.41, 5.74) is 1.60. The minimum absolute atomic E-state index is 0.0165. The van der Waals surface area contributed by atoms with Gasteiger partial charge in [0.05, 0.1) is 19.2 Å². The van der Waals surface area contributed by atoms with Crippen LogP contribution < -0.4 is 9.64 Å². The van der Waals surface area contributed by atoms with Crippen LogP contribution in [0.15, 0.2) is 24.4 Å². The number of aromatic nitrogens is 2. The highest BCUT2D eigenvalue weighted by Gasteiger charge is 2.31. The van der Waals surface area contributed by atoms with Crippen molar-refractivity contribution < 1.29 is 14.3 Å². The van der Waals surface area contributed by atoms with Crippen molar-refractivity contribution >= 4 is 22.7 Å². The van der Waals surface area contributed by atoms with Crippen LogP contribution in [0.4, 0.5) is 10.5 Å². The highest BCUT2D eigenvalue weighted by atomic mass is 16.6. The number of cyclic esters (lactones) is 1. The lowest BCUT2D eigenvalue weighted by molar-refractivity contribution is 0.135. The number of unbranched alkanes of at least 4 members (excludes halogenated alkanes) is 3. The second-order valence-electron chi connectivity index (χ2n) is 6.07. The number of methoxy groups -OCH3 is 1. The Morgan fingerprint density at radius 1 is 1.33 bits per heavy atom. The van der Waals surface area contributed by atoms with Crippen LogP contribution in [0, 0.1) is 0 Å². The molecule has 1 amide bonds. The first-order chi connectivity index (χ1) is 11.7. The summed E-state index contributed by atoms with van der Waals surface area (Å²) in [6.45, 7) is 2.80. The Balaban J connectivity index is 1.69. The molecule has 2 aromatic rings. The summed E-state index contributed by atoms with van der Waals surface area (Å²) in [6.07, 6.45) is 7.08. The predicted octanol–water partition coefficient (Wildman–Crippen LogP) is 3.93. The average Bonchev–Trinajstić information content (AvgIpc) is 2.98. The lowest BCUT2D eigenvalue weighted by atomic mass is 10.1. The molecule has 24 heavy (non-hydrogen) atoms. The van der Waals surface area contributed by atoms with Crippen LogP contribution in [0.1, 0.15) is 39.0 Å². The largest absolute Gasteiger partial charge is 0.467 e. The molecule has 2 heterocycles. The zero-order valence-electron chi connectivity index (χ0n) is 14.2. The average molecular weight is 329 g/mol. The number of hydrogen-bond acceptors (Lipinski definition) is 5. The Morgan fingerprint density at radius 2 is 2.21 bits per heavy atom. The van der Waals surface area contributed by atoms with E-state index in [1.54, 1.807) is 11.1 Å². The molecule has 0 bridgehead atoms. The first-order valence-electron chi connectivity index (χ1n) is 8.50. The second kappa shape index (κ2) is 7.47. The topological polar surface area (TPSA) is 64.5 Å². The van der Waals surface area contributed by atoms with Gasteiger partial charge >= 0.3 is 12.1 Å². The molecule has 1 saturated heterocycles. The molecule has 1 fully saturated rings. The Morgan fingerprint density at radius 3 is 3.00 bits per heavy atom. The number of nitrogens with zero attached hydrogens (tertiary/aromatic N) is 3. The van der Waals surface area contributed by atoms with Gasteiger partial charge in [-0.15, -0.1) is 0 Å². The first-order valence-corrected chi connectivity index (χ1v) is 8.50. The molecule has 128 valence electrons. The van der Waals surface area contributed by atoms with E-state index >= 15 is 0 Å². The zero-order chi connectivity index (χ0) is 16.9. The number of amides is 1. The Labute approximate surface area is 141 Å². The van der Waals surface area contributed by atoms with Gasteiger partial charge in [-0.05, 0) is 31.0 Å². The number of anilines is 1. The molecule has 1 aliphatic heterocycles. The minimum atomic E-state index is -0.274. The molecule has 6 nitrogen and oxygen atoms in total. The van der Waals surface area contributed by atoms with E-state index in [-0.39, 0.29) is 12.2 Å². The van der Waals surface area contributed by atoms with E-state index in [1.165, 1.54) is 26.4 Å². The molecular formula is C18H23N3O3. The first kappa shape index (κ1) is 16.5. The number of carbonyl (C=O) groups is 1. The Kier molecular flexibility index (Phi) is 5.13. The smallest absolute Gasteiger partial charge is 0.414 e. The van der Waals surface area contributed by atoms with Crippen LogP contribution in [0.3, 0.4) is 0 Å². The van der Waals surface area contributed by atoms with Crippen molar-refractivity contribution in [2.45, 2.75) is 45.1 Å². The van der Waals surface area contributed by atoms with Gasteiger partial charge in [0.1, 0.15) is 6.10 Å². The molecular weight excluding hydrogens is 306 g/mol. The van der Waals surface area contributed by atoms with Gasteiger partial charge in [0.15, 0.2) is 0 Å². The molecule has 6 heteroatoms. The van der Waals surface area contributed by atoms with E-state index < -0.39 is 0 Å². The Hall–Kier alpha value is -2.37. The number of carbonyl (C=O) groups excluding carboxylic acids is 1. The summed E-state index contributed by atoms with van der Waals surface area (Å²) >= 11 is 0. The summed E-state index contributed by atoms with van der Waals surface area (Å²) in [7, 11) is 1.54. The molecule has 1 atom stereocenters. The van der Waals surface area contributed by atoms with E-state index in [2.05, 4.69) is 16.9 Å². The fourth-order valence-corrected chi connectivity index (χ4v) is 2.95. The molecule has 0 aliphatic carbocycles. The maximum Gasteiger partial charge on any atom is 0.414 e. The molecule has 0 saturated carbocycles. The van der Waals surface area contributed by atoms with E-state index in [1.807, 2.05) is 18.2 Å². The van der Waals surface area contributed by atoms with Crippen LogP contribution >= 0.6 is 0 Å². The number of hydrogen-bond donors (Lipinski definition) is 0. The quantitative estimate of drug-likeness (QED) is 0.720. The third-order valence-corrected chi connectivity index (χ3v) is 4.29. The van der Waals surface area contributed by atoms with E-state index in [0.29, 0.717) is 12.6 Å². The van der Waals surface area contributed by atoms with Crippen molar-refractivity contribution in [3.63, 3.8) is 0 Å². The maximum absolute atomic E-state index is 12.2. The van der Waals surface area contributed by atoms with Gasteiger partial charge in [0, 0.05) is 17.3 Å². The zero-order valence-corrected chi connectivity index (χ0v) is 14.2. The lowest BCUT2D eigenvalue weighted by Crippen LogP contribution is -2.24. The van der Waals surface area contributed by atoms with E-state index in [4.69, 9.17) is 9.47 Å². The van der Waals surface area contributed by atoms with Gasteiger partial charge in [-0.1, -0.05) is 26.2 Å². The van der Waals surface area contributed by atoms with Gasteiger partial charge in [-0.25, -0.2) is 9.78 Å². The predicted molar refractivity (Wildman–Crippen MR) is 92.5 cm³/mol. The van der Waals surface area contributed by atoms with E-state index in [0.717, 1.165) is 29.4 Å². The molecule has 1 aromatic carbocycles. The molecule has 1 aliphatic rings. The summed E-state index contributed by atoms with van der Waals surface area (Å²) in [4.78, 5) is 22.3. The number of rotatable bonds is 7. The standard InChI is InChI=1S/C18H23N3O3/c1-3-4-5-6-7-15-12-21(18(22)24-15)14-8-9-16-13(10-14)11-19-17(20-16)23-2/h8-11,15H,3-7,12H2,1-2H3. The molecule has 0 N–H and O–H groups in total. The van der Waals surface area contributed by atoms with Gasteiger partial charge in [0.2, 0.25) is 0 Å². The Bertz CT molecular complexity index is 720. The van der Waals surface area contributed by atoms with Crippen LogP contribution in [0.5, 0.6) is 6.01 Å². The summed E-state index contributed by atoms with van der Waals surface area (Å²) in [5, 5.41) is 0.868. The van der Waals surface area contributed by atoms with E-state index in [9.17, 15) is 4.79 Å². The SMILES string of the molecule is CCCCCCC1CN(c2ccc3nc(OC)ncc3c2)C(=O)O1. The van der Waals surface area contributed by atoms with Gasteiger partial charge in [0.25, 0.3) is 0 Å². The third-order valence-electron chi connectivity index (χ3n) is 4.29. The monoisotopic (exact) mass is 329 g/mol. The van der Waals surface area contributed by atoms with Crippen LogP contribution in [0.2, 0.25) is 0 Å². The van der Waals surface area contributed by atoms with Crippen molar-refractivity contribution in [1.82, 2.24) is 9.97 Å². The normalized spacial score (nSPS) is 17.3. The van der Waals surface area contributed by atoms with Crippen molar-refractivity contribution in [2.75, 3.05) is 18.6 Å². The minimum Gasteiger partial charge on any atom is -0.467 e. The third kappa shape index (κ3) is 3.58. The van der Waals surface area contributed by atoms with Crippen molar-refractivity contribution in [3.05, 3.63) is 24.4 Å². The number of benzene rings is 1. The van der Waals surface area contributed by atoms with Crippen molar-refractivity contribution in [1.29, 1.82) is 0 Å².